The number of carbonyl (C=O) groups is 1. The molecule has 1 aromatic heterocycles. The van der Waals surface area contributed by atoms with Crippen molar-refractivity contribution in [3.63, 3.8) is 0 Å². The number of halogens is 1. The molecule has 90 valence electrons. The lowest BCUT2D eigenvalue weighted by molar-refractivity contribution is 0.0952. The normalized spacial score (nSPS) is 12.5. The predicted octanol–water partition coefficient (Wildman–Crippen LogP) is 2.02. The predicted molar refractivity (Wildman–Crippen MR) is 67.9 cm³/mol. The lowest BCUT2D eigenvalue weighted by atomic mass is 10.2. The molecule has 4 nitrogen and oxygen atoms in total. The van der Waals surface area contributed by atoms with Crippen molar-refractivity contribution >= 4 is 21.8 Å². The first-order valence-electron chi connectivity index (χ1n) is 5.43. The Bertz CT molecular complexity index is 360. The second-order valence-electron chi connectivity index (χ2n) is 3.95. The van der Waals surface area contributed by atoms with Crippen molar-refractivity contribution in [3.8, 4) is 0 Å². The van der Waals surface area contributed by atoms with Gasteiger partial charge in [0.25, 0.3) is 5.91 Å². The molecule has 0 aliphatic carbocycles. The lowest BCUT2D eigenvalue weighted by Gasteiger charge is -2.05. The minimum Gasteiger partial charge on any atom is -0.352 e. The molecule has 1 heterocycles. The number of nitrogens with one attached hydrogen (secondary N) is 1. The Balaban J connectivity index is 2.39. The molecule has 0 fully saturated rings. The lowest BCUT2D eigenvalue weighted by Crippen LogP contribution is -2.25. The van der Waals surface area contributed by atoms with E-state index in [1.807, 2.05) is 14.0 Å². The SMILES string of the molecule is Cc1c(C(=O)NCCCC(C)Br)cnn1C. The molecule has 1 aromatic rings. The van der Waals surface area contributed by atoms with Crippen LogP contribution < -0.4 is 5.32 Å². The quantitative estimate of drug-likeness (QED) is 0.665. The topological polar surface area (TPSA) is 46.9 Å². The van der Waals surface area contributed by atoms with Crippen molar-refractivity contribution in [2.24, 2.45) is 7.05 Å². The number of hydrogen-bond donors (Lipinski definition) is 1. The Morgan fingerprint density at radius 2 is 2.38 bits per heavy atom. The van der Waals surface area contributed by atoms with Crippen molar-refractivity contribution in [2.75, 3.05) is 6.54 Å². The third-order valence-corrected chi connectivity index (χ3v) is 3.00. The molecule has 0 aromatic carbocycles. The highest BCUT2D eigenvalue weighted by atomic mass is 79.9. The summed E-state index contributed by atoms with van der Waals surface area (Å²) in [6.45, 7) is 4.71. The Morgan fingerprint density at radius 3 is 2.88 bits per heavy atom. The summed E-state index contributed by atoms with van der Waals surface area (Å²) in [6, 6.07) is 0. The first-order chi connectivity index (χ1) is 7.52. The van der Waals surface area contributed by atoms with E-state index in [2.05, 4.69) is 33.3 Å². The first kappa shape index (κ1) is 13.2. The molecule has 1 rings (SSSR count). The Labute approximate surface area is 105 Å². The fourth-order valence-electron chi connectivity index (χ4n) is 1.40. The third kappa shape index (κ3) is 3.63. The van der Waals surface area contributed by atoms with E-state index in [1.54, 1.807) is 10.9 Å². The molecule has 1 atom stereocenters. The summed E-state index contributed by atoms with van der Waals surface area (Å²) in [5.41, 5.74) is 1.56. The molecule has 1 amide bonds. The number of aryl methyl sites for hydroxylation is 1. The molecule has 0 bridgehead atoms. The van der Waals surface area contributed by atoms with Crippen LogP contribution in [0.1, 0.15) is 35.8 Å². The monoisotopic (exact) mass is 287 g/mol. The molecular weight excluding hydrogens is 270 g/mol. The van der Waals surface area contributed by atoms with Gasteiger partial charge >= 0.3 is 0 Å². The van der Waals surface area contributed by atoms with E-state index in [1.165, 1.54) is 0 Å². The molecule has 0 spiro atoms. The zero-order valence-corrected chi connectivity index (χ0v) is 11.5. The average molecular weight is 288 g/mol. The van der Waals surface area contributed by atoms with Crippen LogP contribution in [0.15, 0.2) is 6.20 Å². The number of aromatic nitrogens is 2. The van der Waals surface area contributed by atoms with Gasteiger partial charge in [-0.3, -0.25) is 9.48 Å². The van der Waals surface area contributed by atoms with Gasteiger partial charge in [-0.2, -0.15) is 5.10 Å². The van der Waals surface area contributed by atoms with Gasteiger partial charge < -0.3 is 5.32 Å². The average Bonchev–Trinajstić information content (AvgIpc) is 2.54. The minimum absolute atomic E-state index is 0.0344. The molecule has 0 radical (unpaired) electrons. The zero-order valence-electron chi connectivity index (χ0n) is 9.96. The highest BCUT2D eigenvalue weighted by Gasteiger charge is 2.11. The van der Waals surface area contributed by atoms with Gasteiger partial charge in [0.05, 0.1) is 11.8 Å². The largest absolute Gasteiger partial charge is 0.352 e. The fraction of sp³-hybridized carbons (Fsp3) is 0.636. The summed E-state index contributed by atoms with van der Waals surface area (Å²) >= 11 is 3.48. The number of nitrogens with zero attached hydrogens (tertiary/aromatic N) is 2. The van der Waals surface area contributed by atoms with Crippen LogP contribution in [0.4, 0.5) is 0 Å². The number of amides is 1. The van der Waals surface area contributed by atoms with Crippen molar-refractivity contribution in [3.05, 3.63) is 17.5 Å². The zero-order chi connectivity index (χ0) is 12.1. The maximum atomic E-state index is 11.7. The standard InChI is InChI=1S/C11H18BrN3O/c1-8(12)5-4-6-13-11(16)10-7-14-15(3)9(10)2/h7-8H,4-6H2,1-3H3,(H,13,16). The number of carbonyl (C=O) groups excluding carboxylic acids is 1. The maximum Gasteiger partial charge on any atom is 0.254 e. The van der Waals surface area contributed by atoms with E-state index < -0.39 is 0 Å². The van der Waals surface area contributed by atoms with E-state index >= 15 is 0 Å². The second kappa shape index (κ2) is 6.03. The minimum atomic E-state index is -0.0344. The molecule has 0 aliphatic heterocycles. The number of hydrogen-bond acceptors (Lipinski definition) is 2. The van der Waals surface area contributed by atoms with E-state index in [4.69, 9.17) is 0 Å². The smallest absolute Gasteiger partial charge is 0.254 e. The van der Waals surface area contributed by atoms with Gasteiger partial charge in [0.1, 0.15) is 0 Å². The van der Waals surface area contributed by atoms with Crippen LogP contribution in [0.2, 0.25) is 0 Å². The molecular formula is C11H18BrN3O. The fourth-order valence-corrected chi connectivity index (χ4v) is 1.73. The van der Waals surface area contributed by atoms with Gasteiger partial charge in [-0.1, -0.05) is 22.9 Å². The molecule has 0 saturated heterocycles. The highest BCUT2D eigenvalue weighted by molar-refractivity contribution is 9.09. The number of alkyl halides is 1. The van der Waals surface area contributed by atoms with Crippen LogP contribution >= 0.6 is 15.9 Å². The van der Waals surface area contributed by atoms with Gasteiger partial charge in [-0.15, -0.1) is 0 Å². The number of rotatable bonds is 5. The Kier molecular flexibility index (Phi) is 4.99. The summed E-state index contributed by atoms with van der Waals surface area (Å²) in [7, 11) is 1.83. The highest BCUT2D eigenvalue weighted by Crippen LogP contribution is 2.07. The van der Waals surface area contributed by atoms with Gasteiger partial charge in [-0.05, 0) is 19.8 Å². The first-order valence-corrected chi connectivity index (χ1v) is 6.34. The molecule has 5 heteroatoms. The van der Waals surface area contributed by atoms with Crippen LogP contribution in [-0.2, 0) is 7.05 Å². The Morgan fingerprint density at radius 1 is 1.69 bits per heavy atom. The van der Waals surface area contributed by atoms with Crippen molar-refractivity contribution < 1.29 is 4.79 Å². The molecule has 1 N–H and O–H groups in total. The van der Waals surface area contributed by atoms with Crippen molar-refractivity contribution in [1.82, 2.24) is 15.1 Å². The van der Waals surface area contributed by atoms with Crippen LogP contribution in [-0.4, -0.2) is 27.1 Å². The van der Waals surface area contributed by atoms with Gasteiger partial charge in [0.2, 0.25) is 0 Å². The summed E-state index contributed by atoms with van der Waals surface area (Å²) in [6.07, 6.45) is 3.65. The van der Waals surface area contributed by atoms with Crippen molar-refractivity contribution in [1.29, 1.82) is 0 Å². The van der Waals surface area contributed by atoms with E-state index in [0.717, 1.165) is 18.5 Å². The molecule has 0 aliphatic rings. The molecule has 16 heavy (non-hydrogen) atoms. The van der Waals surface area contributed by atoms with E-state index in [9.17, 15) is 4.79 Å². The summed E-state index contributed by atoms with van der Waals surface area (Å²) in [4.78, 5) is 12.3. The Hall–Kier alpha value is -0.840. The maximum absolute atomic E-state index is 11.7. The van der Waals surface area contributed by atoms with E-state index in [-0.39, 0.29) is 5.91 Å². The van der Waals surface area contributed by atoms with Crippen LogP contribution in [0, 0.1) is 6.92 Å². The van der Waals surface area contributed by atoms with Gasteiger partial charge in [0.15, 0.2) is 0 Å². The molecule has 1 unspecified atom stereocenters. The molecule has 0 saturated carbocycles. The second-order valence-corrected chi connectivity index (χ2v) is 5.51. The van der Waals surface area contributed by atoms with Gasteiger partial charge in [0, 0.05) is 24.1 Å². The van der Waals surface area contributed by atoms with E-state index in [0.29, 0.717) is 16.9 Å². The summed E-state index contributed by atoms with van der Waals surface area (Å²) < 4.78 is 1.70. The van der Waals surface area contributed by atoms with Gasteiger partial charge in [-0.25, -0.2) is 0 Å². The third-order valence-electron chi connectivity index (χ3n) is 2.54. The van der Waals surface area contributed by atoms with Crippen LogP contribution in [0.25, 0.3) is 0 Å². The summed E-state index contributed by atoms with van der Waals surface area (Å²) in [5.74, 6) is -0.0344. The van der Waals surface area contributed by atoms with Crippen LogP contribution in [0.3, 0.4) is 0 Å². The summed E-state index contributed by atoms with van der Waals surface area (Å²) in [5, 5.41) is 6.94. The van der Waals surface area contributed by atoms with Crippen molar-refractivity contribution in [2.45, 2.75) is 31.5 Å². The van der Waals surface area contributed by atoms with Crippen LogP contribution in [0.5, 0.6) is 0 Å².